The molecule has 0 heterocycles. The highest BCUT2D eigenvalue weighted by Gasteiger charge is 2.19. The summed E-state index contributed by atoms with van der Waals surface area (Å²) in [6, 6.07) is 13.0. The summed E-state index contributed by atoms with van der Waals surface area (Å²) in [6.45, 7) is 3.78. The molecule has 2 aromatic rings. The molecule has 2 rings (SSSR count). The third kappa shape index (κ3) is 4.96. The largest absolute Gasteiger partial charge is 0.507 e. The third-order valence-corrected chi connectivity index (χ3v) is 3.71. The van der Waals surface area contributed by atoms with Crippen molar-refractivity contribution in [3.8, 4) is 11.5 Å². The van der Waals surface area contributed by atoms with E-state index in [9.17, 15) is 9.67 Å². The van der Waals surface area contributed by atoms with Crippen LogP contribution in [0.5, 0.6) is 11.5 Å². The first kappa shape index (κ1) is 17.3. The first-order valence-electron chi connectivity index (χ1n) is 7.23. The Balaban J connectivity index is 2.42. The fourth-order valence-electron chi connectivity index (χ4n) is 2.29. The van der Waals surface area contributed by atoms with E-state index in [-0.39, 0.29) is 17.4 Å². The molecule has 0 spiro atoms. The predicted molar refractivity (Wildman–Crippen MR) is 94.2 cm³/mol. The molecule has 0 fully saturated rings. The number of aromatic hydroxyl groups is 1. The SMILES string of the molecule is CC(C)c1c(O)cc(/C=C/c2ccccc2)cc1OP(N)(N)=O. The highest BCUT2D eigenvalue weighted by Crippen LogP contribution is 2.41. The minimum atomic E-state index is -3.71. The second kappa shape index (κ2) is 7.01. The Morgan fingerprint density at radius 1 is 1.09 bits per heavy atom. The van der Waals surface area contributed by atoms with Gasteiger partial charge in [-0.3, -0.25) is 0 Å². The van der Waals surface area contributed by atoms with Gasteiger partial charge in [-0.2, -0.15) is 0 Å². The third-order valence-electron chi connectivity index (χ3n) is 3.23. The molecule has 0 unspecified atom stereocenters. The van der Waals surface area contributed by atoms with E-state index in [1.165, 1.54) is 0 Å². The molecule has 0 saturated carbocycles. The maximum Gasteiger partial charge on any atom is 0.385 e. The lowest BCUT2D eigenvalue weighted by molar-refractivity contribution is 0.448. The molecule has 23 heavy (non-hydrogen) atoms. The second-order valence-corrected chi connectivity index (χ2v) is 7.06. The fraction of sp³-hybridized carbons (Fsp3) is 0.176. The van der Waals surface area contributed by atoms with E-state index in [0.29, 0.717) is 11.1 Å². The first-order chi connectivity index (χ1) is 10.8. The molecule has 0 aliphatic heterocycles. The van der Waals surface area contributed by atoms with Crippen molar-refractivity contribution in [1.29, 1.82) is 0 Å². The van der Waals surface area contributed by atoms with Gasteiger partial charge in [0, 0.05) is 5.56 Å². The minimum Gasteiger partial charge on any atom is -0.507 e. The van der Waals surface area contributed by atoms with Gasteiger partial charge in [0.05, 0.1) is 0 Å². The van der Waals surface area contributed by atoms with Crippen LogP contribution in [0.4, 0.5) is 0 Å². The Kier molecular flexibility index (Phi) is 5.26. The topological polar surface area (TPSA) is 98.6 Å². The van der Waals surface area contributed by atoms with Crippen LogP contribution in [0.15, 0.2) is 42.5 Å². The fourth-order valence-corrected chi connectivity index (χ4v) is 2.75. The molecule has 5 nitrogen and oxygen atoms in total. The zero-order valence-corrected chi connectivity index (χ0v) is 14.0. The molecular weight excluding hydrogens is 311 g/mol. The molecule has 122 valence electrons. The Morgan fingerprint density at radius 2 is 1.70 bits per heavy atom. The van der Waals surface area contributed by atoms with E-state index in [1.54, 1.807) is 12.1 Å². The minimum absolute atomic E-state index is 0.0382. The number of hydrogen-bond acceptors (Lipinski definition) is 3. The van der Waals surface area contributed by atoms with Crippen molar-refractivity contribution in [2.24, 2.45) is 11.0 Å². The first-order valence-corrected chi connectivity index (χ1v) is 8.99. The molecule has 0 bridgehead atoms. The number of phenols is 1. The lowest BCUT2D eigenvalue weighted by atomic mass is 9.98. The quantitative estimate of drug-likeness (QED) is 0.566. The van der Waals surface area contributed by atoms with Gasteiger partial charge in [-0.1, -0.05) is 56.3 Å². The van der Waals surface area contributed by atoms with Crippen LogP contribution in [0.3, 0.4) is 0 Å². The molecule has 0 atom stereocenters. The monoisotopic (exact) mass is 332 g/mol. The van der Waals surface area contributed by atoms with Crippen molar-refractivity contribution in [1.82, 2.24) is 0 Å². The summed E-state index contributed by atoms with van der Waals surface area (Å²) in [4.78, 5) is 0. The maximum atomic E-state index is 11.6. The maximum absolute atomic E-state index is 11.6. The summed E-state index contributed by atoms with van der Waals surface area (Å²) < 4.78 is 16.8. The van der Waals surface area contributed by atoms with Crippen molar-refractivity contribution >= 4 is 19.8 Å². The van der Waals surface area contributed by atoms with Gasteiger partial charge >= 0.3 is 7.67 Å². The van der Waals surface area contributed by atoms with Crippen molar-refractivity contribution in [3.63, 3.8) is 0 Å². The second-order valence-electron chi connectivity index (χ2n) is 5.59. The van der Waals surface area contributed by atoms with Gasteiger partial charge in [0.1, 0.15) is 11.5 Å². The average Bonchev–Trinajstić information content (AvgIpc) is 2.43. The molecule has 2 aromatic carbocycles. The van der Waals surface area contributed by atoms with Gasteiger partial charge in [-0.25, -0.2) is 15.6 Å². The molecule has 0 aliphatic rings. The molecule has 0 amide bonds. The average molecular weight is 332 g/mol. The smallest absolute Gasteiger partial charge is 0.385 e. The highest BCUT2D eigenvalue weighted by atomic mass is 31.2. The zero-order valence-electron chi connectivity index (χ0n) is 13.1. The van der Waals surface area contributed by atoms with Gasteiger partial charge in [0.25, 0.3) is 0 Å². The number of nitrogens with two attached hydrogens (primary N) is 2. The molecule has 0 saturated heterocycles. The molecule has 0 aromatic heterocycles. The van der Waals surface area contributed by atoms with Crippen LogP contribution in [0.2, 0.25) is 0 Å². The summed E-state index contributed by atoms with van der Waals surface area (Å²) in [7, 11) is -3.71. The van der Waals surface area contributed by atoms with Crippen LogP contribution >= 0.6 is 7.67 Å². The predicted octanol–water partition coefficient (Wildman–Crippen LogP) is 4.09. The number of benzene rings is 2. The molecule has 0 aliphatic carbocycles. The van der Waals surface area contributed by atoms with Crippen LogP contribution in [0, 0.1) is 0 Å². The van der Waals surface area contributed by atoms with Crippen molar-refractivity contribution in [2.75, 3.05) is 0 Å². The summed E-state index contributed by atoms with van der Waals surface area (Å²) >= 11 is 0. The summed E-state index contributed by atoms with van der Waals surface area (Å²) in [5.74, 6) is 0.253. The van der Waals surface area contributed by atoms with Crippen LogP contribution in [0.1, 0.15) is 36.5 Å². The van der Waals surface area contributed by atoms with E-state index in [2.05, 4.69) is 0 Å². The Morgan fingerprint density at radius 3 is 2.26 bits per heavy atom. The van der Waals surface area contributed by atoms with Crippen LogP contribution in [0.25, 0.3) is 12.2 Å². The van der Waals surface area contributed by atoms with E-state index in [0.717, 1.165) is 5.56 Å². The molecular formula is C17H21N2O3P. The van der Waals surface area contributed by atoms with Crippen molar-refractivity contribution < 1.29 is 14.2 Å². The van der Waals surface area contributed by atoms with Gasteiger partial charge in [0.15, 0.2) is 0 Å². The van der Waals surface area contributed by atoms with Crippen molar-refractivity contribution in [2.45, 2.75) is 19.8 Å². The van der Waals surface area contributed by atoms with Crippen LogP contribution < -0.4 is 15.5 Å². The summed E-state index contributed by atoms with van der Waals surface area (Å²) in [5.41, 5.74) is 12.9. The van der Waals surface area contributed by atoms with Crippen molar-refractivity contribution in [3.05, 3.63) is 59.2 Å². The Bertz CT molecular complexity index is 752. The highest BCUT2D eigenvalue weighted by molar-refractivity contribution is 7.54. The van der Waals surface area contributed by atoms with E-state index in [1.807, 2.05) is 56.3 Å². The Hall–Kier alpha value is -2.07. The lowest BCUT2D eigenvalue weighted by Crippen LogP contribution is -2.12. The van der Waals surface area contributed by atoms with Gasteiger partial charge in [-0.15, -0.1) is 0 Å². The van der Waals surface area contributed by atoms with E-state index < -0.39 is 7.67 Å². The normalized spacial score (nSPS) is 12.0. The van der Waals surface area contributed by atoms with Gasteiger partial charge < -0.3 is 9.63 Å². The summed E-state index contributed by atoms with van der Waals surface area (Å²) in [6.07, 6.45) is 3.72. The molecule has 5 N–H and O–H groups in total. The lowest BCUT2D eigenvalue weighted by Gasteiger charge is -2.18. The van der Waals surface area contributed by atoms with Crippen LogP contribution in [-0.2, 0) is 4.57 Å². The van der Waals surface area contributed by atoms with Gasteiger partial charge in [-0.05, 0) is 29.2 Å². The standard InChI is InChI=1S/C17H21N2O3P/c1-12(2)17-15(20)10-14(11-16(17)22-23(18,19)21)9-8-13-6-4-3-5-7-13/h3-12,20H,1-2H3,(H4,18,19,21)/b9-8+. The molecule has 0 radical (unpaired) electrons. The molecule has 6 heteroatoms. The van der Waals surface area contributed by atoms with Gasteiger partial charge in [0.2, 0.25) is 0 Å². The summed E-state index contributed by atoms with van der Waals surface area (Å²) in [5, 5.41) is 10.3. The number of hydrogen-bond donors (Lipinski definition) is 3. The number of rotatable bonds is 5. The number of phenolic OH excluding ortho intramolecular Hbond substituents is 1. The van der Waals surface area contributed by atoms with E-state index in [4.69, 9.17) is 15.5 Å². The zero-order chi connectivity index (χ0) is 17.0. The van der Waals surface area contributed by atoms with Crippen LogP contribution in [-0.4, -0.2) is 5.11 Å². The Labute approximate surface area is 136 Å². The van der Waals surface area contributed by atoms with E-state index >= 15 is 0 Å².